The number of thiazole rings is 1. The maximum atomic E-state index is 13.8. The third kappa shape index (κ3) is 3.44. The minimum Gasteiger partial charge on any atom is -0.281 e. The molecule has 158 valence electrons. The molecule has 2 aromatic heterocycles. The number of para-hydroxylation sites is 2. The normalized spacial score (nSPS) is 10.9. The fourth-order valence-corrected chi connectivity index (χ4v) is 4.83. The van der Waals surface area contributed by atoms with Gasteiger partial charge in [0.05, 0.1) is 11.4 Å². The molecule has 0 spiro atoms. The molecular formula is C26H23N4OS+. The average molecular weight is 440 g/mol. The Bertz CT molecular complexity index is 1420. The van der Waals surface area contributed by atoms with Gasteiger partial charge in [-0.25, -0.2) is 10.00 Å². The minimum atomic E-state index is -0.0621. The Morgan fingerprint density at radius 3 is 2.09 bits per heavy atom. The molecule has 0 aliphatic rings. The van der Waals surface area contributed by atoms with Gasteiger partial charge < -0.3 is 0 Å². The van der Waals surface area contributed by atoms with Crippen molar-refractivity contribution in [1.29, 1.82) is 0 Å². The molecule has 1 N–H and O–H groups in total. The fraction of sp³-hybridized carbons (Fsp3) is 0.0769. The van der Waals surface area contributed by atoms with E-state index >= 15 is 0 Å². The first-order valence-corrected chi connectivity index (χ1v) is 11.3. The highest BCUT2D eigenvalue weighted by molar-refractivity contribution is 7.13. The van der Waals surface area contributed by atoms with Gasteiger partial charge >= 0.3 is 10.7 Å². The molecule has 0 saturated carbocycles. The van der Waals surface area contributed by atoms with Crippen LogP contribution in [0.2, 0.25) is 0 Å². The van der Waals surface area contributed by atoms with Crippen LogP contribution in [0.5, 0.6) is 0 Å². The Labute approximate surface area is 190 Å². The van der Waals surface area contributed by atoms with Crippen LogP contribution in [0.3, 0.4) is 0 Å². The monoisotopic (exact) mass is 439 g/mol. The highest BCUT2D eigenvalue weighted by Crippen LogP contribution is 2.28. The number of rotatable bonds is 5. The van der Waals surface area contributed by atoms with Gasteiger partial charge in [0.25, 0.3) is 0 Å². The molecule has 0 saturated heterocycles. The van der Waals surface area contributed by atoms with Crippen LogP contribution in [0.25, 0.3) is 22.6 Å². The molecule has 0 fully saturated rings. The first-order chi connectivity index (χ1) is 15.6. The van der Waals surface area contributed by atoms with Gasteiger partial charge in [0.1, 0.15) is 5.69 Å². The lowest BCUT2D eigenvalue weighted by Gasteiger charge is -2.07. The summed E-state index contributed by atoms with van der Waals surface area (Å²) in [7, 11) is 1.92. The van der Waals surface area contributed by atoms with E-state index in [1.54, 1.807) is 16.0 Å². The van der Waals surface area contributed by atoms with E-state index in [2.05, 4.69) is 22.8 Å². The van der Waals surface area contributed by atoms with E-state index in [9.17, 15) is 4.79 Å². The summed E-state index contributed by atoms with van der Waals surface area (Å²) < 4.78 is 5.68. The van der Waals surface area contributed by atoms with Crippen molar-refractivity contribution >= 4 is 22.2 Å². The van der Waals surface area contributed by atoms with E-state index in [0.29, 0.717) is 5.69 Å². The third-order valence-corrected chi connectivity index (χ3v) is 6.42. The van der Waals surface area contributed by atoms with E-state index in [4.69, 9.17) is 0 Å². The second kappa shape index (κ2) is 8.32. The molecule has 5 nitrogen and oxygen atoms in total. The Balaban J connectivity index is 1.76. The van der Waals surface area contributed by atoms with Crippen molar-refractivity contribution in [2.45, 2.75) is 6.92 Å². The van der Waals surface area contributed by atoms with Crippen LogP contribution in [0.4, 0.5) is 10.8 Å². The lowest BCUT2D eigenvalue weighted by Crippen LogP contribution is -2.39. The molecule has 32 heavy (non-hydrogen) atoms. The van der Waals surface area contributed by atoms with Crippen LogP contribution in [0, 0.1) is 6.92 Å². The lowest BCUT2D eigenvalue weighted by atomic mass is 10.1. The summed E-state index contributed by atoms with van der Waals surface area (Å²) >= 11 is 1.58. The SMILES string of the molecule is Cc1c(-[n+]2c(-c3ccccc3)csc2Nc2ccccc2)c(=O)n(-c2ccccc2)n1C. The molecule has 0 aliphatic heterocycles. The van der Waals surface area contributed by atoms with Crippen LogP contribution in [-0.4, -0.2) is 9.36 Å². The van der Waals surface area contributed by atoms with Crippen molar-refractivity contribution in [3.8, 4) is 22.6 Å². The Morgan fingerprint density at radius 2 is 1.44 bits per heavy atom. The molecule has 0 bridgehead atoms. The Hall–Kier alpha value is -3.90. The van der Waals surface area contributed by atoms with Gasteiger partial charge in [-0.2, -0.15) is 4.57 Å². The standard InChI is InChI=1S/C26H22N4OS/c1-19-24(25(31)30(28(19)2)22-16-10-5-11-17-22)29-23(20-12-6-3-7-13-20)18-32-26(29)27-21-14-8-4-9-15-21/h3-18H,1-2H3/p+1. The van der Waals surface area contributed by atoms with Gasteiger partial charge in [0.2, 0.25) is 5.69 Å². The van der Waals surface area contributed by atoms with Crippen molar-refractivity contribution in [2.24, 2.45) is 7.05 Å². The van der Waals surface area contributed by atoms with Crippen molar-refractivity contribution in [3.05, 3.63) is 112 Å². The maximum Gasteiger partial charge on any atom is 0.344 e. The molecule has 5 rings (SSSR count). The second-order valence-corrected chi connectivity index (χ2v) is 8.39. The van der Waals surface area contributed by atoms with Crippen LogP contribution in [0.15, 0.2) is 101 Å². The van der Waals surface area contributed by atoms with Crippen LogP contribution in [0.1, 0.15) is 5.69 Å². The predicted octanol–water partition coefficient (Wildman–Crippen LogP) is 5.23. The van der Waals surface area contributed by atoms with E-state index in [-0.39, 0.29) is 5.56 Å². The second-order valence-electron chi connectivity index (χ2n) is 7.53. The lowest BCUT2D eigenvalue weighted by molar-refractivity contribution is -0.565. The number of benzene rings is 3. The van der Waals surface area contributed by atoms with Crippen LogP contribution in [-0.2, 0) is 7.05 Å². The molecular weight excluding hydrogens is 416 g/mol. The van der Waals surface area contributed by atoms with E-state index in [0.717, 1.165) is 33.5 Å². The van der Waals surface area contributed by atoms with Gasteiger partial charge in [-0.15, -0.1) is 0 Å². The van der Waals surface area contributed by atoms with Crippen molar-refractivity contribution in [3.63, 3.8) is 0 Å². The first kappa shape index (κ1) is 20.0. The molecule has 0 aliphatic carbocycles. The summed E-state index contributed by atoms with van der Waals surface area (Å²) in [5, 5.41) is 6.48. The quantitative estimate of drug-likeness (QED) is 0.381. The van der Waals surface area contributed by atoms with E-state index in [1.807, 2.05) is 102 Å². The van der Waals surface area contributed by atoms with Crippen molar-refractivity contribution in [2.75, 3.05) is 5.32 Å². The topological polar surface area (TPSA) is 42.8 Å². The third-order valence-electron chi connectivity index (χ3n) is 5.57. The molecule has 0 amide bonds. The van der Waals surface area contributed by atoms with Gasteiger partial charge in [-0.3, -0.25) is 9.48 Å². The summed E-state index contributed by atoms with van der Waals surface area (Å²) in [6, 6.07) is 29.9. The number of nitrogens with zero attached hydrogens (tertiary/aromatic N) is 3. The zero-order valence-electron chi connectivity index (χ0n) is 17.9. The van der Waals surface area contributed by atoms with Gasteiger partial charge in [-0.05, 0) is 31.2 Å². The van der Waals surface area contributed by atoms with E-state index in [1.165, 1.54) is 0 Å². The van der Waals surface area contributed by atoms with Crippen LogP contribution >= 0.6 is 11.3 Å². The average Bonchev–Trinajstić information content (AvgIpc) is 3.33. The minimum absolute atomic E-state index is 0.0621. The summed E-state index contributed by atoms with van der Waals surface area (Å²) in [5.74, 6) is 0. The zero-order valence-corrected chi connectivity index (χ0v) is 18.7. The highest BCUT2D eigenvalue weighted by Gasteiger charge is 2.29. The first-order valence-electron chi connectivity index (χ1n) is 10.4. The largest absolute Gasteiger partial charge is 0.344 e. The number of hydrogen-bond acceptors (Lipinski definition) is 3. The molecule has 0 atom stereocenters. The summed E-state index contributed by atoms with van der Waals surface area (Å²) in [6.45, 7) is 1.99. The summed E-state index contributed by atoms with van der Waals surface area (Å²) in [6.07, 6.45) is 0. The number of hydrogen-bond donors (Lipinski definition) is 1. The molecule has 3 aromatic carbocycles. The molecule has 6 heteroatoms. The fourth-order valence-electron chi connectivity index (χ4n) is 3.90. The summed E-state index contributed by atoms with van der Waals surface area (Å²) in [5.41, 5.74) is 5.29. The number of anilines is 2. The number of nitrogens with one attached hydrogen (secondary N) is 1. The number of aromatic nitrogens is 3. The smallest absolute Gasteiger partial charge is 0.281 e. The highest BCUT2D eigenvalue weighted by atomic mass is 32.1. The molecule has 5 aromatic rings. The van der Waals surface area contributed by atoms with Gasteiger partial charge in [0, 0.05) is 18.0 Å². The van der Waals surface area contributed by atoms with Crippen LogP contribution < -0.4 is 15.4 Å². The van der Waals surface area contributed by atoms with Gasteiger partial charge in [-0.1, -0.05) is 78.1 Å². The molecule has 2 heterocycles. The maximum absolute atomic E-state index is 13.8. The Morgan fingerprint density at radius 1 is 0.844 bits per heavy atom. The molecule has 0 radical (unpaired) electrons. The predicted molar refractivity (Wildman–Crippen MR) is 130 cm³/mol. The Kier molecular flexibility index (Phi) is 5.21. The summed E-state index contributed by atoms with van der Waals surface area (Å²) in [4.78, 5) is 13.8. The van der Waals surface area contributed by atoms with Crippen molar-refractivity contribution < 1.29 is 4.57 Å². The van der Waals surface area contributed by atoms with Gasteiger partial charge in [0.15, 0.2) is 5.69 Å². The van der Waals surface area contributed by atoms with E-state index < -0.39 is 0 Å². The van der Waals surface area contributed by atoms with Crippen molar-refractivity contribution in [1.82, 2.24) is 9.36 Å². The zero-order chi connectivity index (χ0) is 22.1. The molecule has 0 unspecified atom stereocenters.